The van der Waals surface area contributed by atoms with Crippen LogP contribution < -0.4 is 5.32 Å². The van der Waals surface area contributed by atoms with Gasteiger partial charge in [-0.2, -0.15) is 10.4 Å². The molecule has 0 aromatic carbocycles. The predicted molar refractivity (Wildman–Crippen MR) is 47.2 cm³/mol. The molecule has 15 heavy (non-hydrogen) atoms. The molecule has 2 N–H and O–H groups in total. The van der Waals surface area contributed by atoms with Crippen LogP contribution in [0, 0.1) is 11.3 Å². The van der Waals surface area contributed by atoms with E-state index in [-0.39, 0.29) is 17.9 Å². The van der Waals surface area contributed by atoms with Gasteiger partial charge in [-0.15, -0.1) is 5.10 Å². The van der Waals surface area contributed by atoms with E-state index >= 15 is 0 Å². The highest BCUT2D eigenvalue weighted by Gasteiger charge is 2.17. The van der Waals surface area contributed by atoms with E-state index in [1.807, 2.05) is 6.07 Å². The minimum Gasteiger partial charge on any atom is -0.385 e. The number of rotatable bonds is 4. The third-order valence-corrected chi connectivity index (χ3v) is 1.61. The van der Waals surface area contributed by atoms with Crippen molar-refractivity contribution in [3.8, 4) is 6.07 Å². The maximum Gasteiger partial charge on any atom is 0.265 e. The van der Waals surface area contributed by atoms with E-state index in [9.17, 15) is 8.78 Å². The first-order valence-corrected chi connectivity index (χ1v) is 4.07. The maximum atomic E-state index is 11.9. The van der Waals surface area contributed by atoms with Crippen LogP contribution in [0.4, 0.5) is 14.6 Å². The SMILES string of the molecule is N#Cc1ccnnc1NCC(O)C(F)F. The van der Waals surface area contributed by atoms with E-state index in [4.69, 9.17) is 10.4 Å². The summed E-state index contributed by atoms with van der Waals surface area (Å²) in [4.78, 5) is 0. The fourth-order valence-electron chi connectivity index (χ4n) is 0.843. The normalized spacial score (nSPS) is 12.2. The highest BCUT2D eigenvalue weighted by Crippen LogP contribution is 2.09. The van der Waals surface area contributed by atoms with Gasteiger partial charge in [0.1, 0.15) is 12.2 Å². The third kappa shape index (κ3) is 3.11. The van der Waals surface area contributed by atoms with Crippen molar-refractivity contribution < 1.29 is 13.9 Å². The van der Waals surface area contributed by atoms with Crippen LogP contribution in [-0.2, 0) is 0 Å². The van der Waals surface area contributed by atoms with Crippen molar-refractivity contribution in [3.05, 3.63) is 17.8 Å². The molecule has 0 spiro atoms. The number of nitrogens with one attached hydrogen (secondary N) is 1. The third-order valence-electron chi connectivity index (χ3n) is 1.61. The molecule has 1 heterocycles. The lowest BCUT2D eigenvalue weighted by molar-refractivity contribution is 0.00379. The van der Waals surface area contributed by atoms with E-state index in [2.05, 4.69) is 15.5 Å². The van der Waals surface area contributed by atoms with Gasteiger partial charge in [-0.3, -0.25) is 0 Å². The summed E-state index contributed by atoms with van der Waals surface area (Å²) in [5.74, 6) is 0.0831. The van der Waals surface area contributed by atoms with Gasteiger partial charge in [0.05, 0.1) is 11.8 Å². The summed E-state index contributed by atoms with van der Waals surface area (Å²) in [5.41, 5.74) is 0.187. The van der Waals surface area contributed by atoms with Gasteiger partial charge in [0, 0.05) is 6.54 Å². The fourth-order valence-corrected chi connectivity index (χ4v) is 0.843. The summed E-state index contributed by atoms with van der Waals surface area (Å²) in [6.07, 6.45) is -3.31. The Bertz CT molecular complexity index is 366. The number of nitriles is 1. The molecule has 80 valence electrons. The van der Waals surface area contributed by atoms with Gasteiger partial charge in [0.25, 0.3) is 6.43 Å². The number of hydrogen-bond donors (Lipinski definition) is 2. The number of alkyl halides is 2. The van der Waals surface area contributed by atoms with Crippen LogP contribution in [0.2, 0.25) is 0 Å². The van der Waals surface area contributed by atoms with E-state index in [0.717, 1.165) is 0 Å². The average Bonchev–Trinajstić information content (AvgIpc) is 2.26. The Morgan fingerprint density at radius 1 is 1.60 bits per heavy atom. The van der Waals surface area contributed by atoms with E-state index in [0.29, 0.717) is 0 Å². The lowest BCUT2D eigenvalue weighted by atomic mass is 10.3. The second-order valence-corrected chi connectivity index (χ2v) is 2.69. The molecule has 0 aliphatic heterocycles. The summed E-state index contributed by atoms with van der Waals surface area (Å²) in [6, 6.07) is 3.21. The summed E-state index contributed by atoms with van der Waals surface area (Å²) in [7, 11) is 0. The van der Waals surface area contributed by atoms with Crippen LogP contribution in [0.25, 0.3) is 0 Å². The van der Waals surface area contributed by atoms with Crippen molar-refractivity contribution in [1.29, 1.82) is 5.26 Å². The smallest absolute Gasteiger partial charge is 0.265 e. The summed E-state index contributed by atoms with van der Waals surface area (Å²) >= 11 is 0. The van der Waals surface area contributed by atoms with Crippen molar-refractivity contribution in [1.82, 2.24) is 10.2 Å². The molecule has 0 fully saturated rings. The topological polar surface area (TPSA) is 81.8 Å². The van der Waals surface area contributed by atoms with Gasteiger partial charge < -0.3 is 10.4 Å². The molecule has 0 bridgehead atoms. The van der Waals surface area contributed by atoms with Crippen LogP contribution in [0.15, 0.2) is 12.3 Å². The molecule has 0 aliphatic carbocycles. The lowest BCUT2D eigenvalue weighted by Gasteiger charge is -2.10. The second-order valence-electron chi connectivity index (χ2n) is 2.69. The Labute approximate surface area is 84.4 Å². The van der Waals surface area contributed by atoms with Gasteiger partial charge in [-0.1, -0.05) is 0 Å². The van der Waals surface area contributed by atoms with Crippen LogP contribution >= 0.6 is 0 Å². The largest absolute Gasteiger partial charge is 0.385 e. The molecule has 1 unspecified atom stereocenters. The molecule has 0 radical (unpaired) electrons. The molecule has 5 nitrogen and oxygen atoms in total. The van der Waals surface area contributed by atoms with Crippen molar-refractivity contribution in [2.75, 3.05) is 11.9 Å². The van der Waals surface area contributed by atoms with Crippen LogP contribution in [0.1, 0.15) is 5.56 Å². The molecule has 0 saturated heterocycles. The van der Waals surface area contributed by atoms with E-state index in [1.165, 1.54) is 12.3 Å². The number of nitrogens with zero attached hydrogens (tertiary/aromatic N) is 3. The summed E-state index contributed by atoms with van der Waals surface area (Å²) < 4.78 is 23.8. The average molecular weight is 214 g/mol. The van der Waals surface area contributed by atoms with Crippen molar-refractivity contribution >= 4 is 5.82 Å². The molecule has 1 aromatic heterocycles. The number of hydrogen-bond acceptors (Lipinski definition) is 5. The first-order chi connectivity index (χ1) is 7.15. The molecular formula is C8H8F2N4O. The van der Waals surface area contributed by atoms with E-state index in [1.54, 1.807) is 0 Å². The van der Waals surface area contributed by atoms with Crippen molar-refractivity contribution in [2.45, 2.75) is 12.5 Å². The second kappa shape index (κ2) is 5.17. The highest BCUT2D eigenvalue weighted by atomic mass is 19.3. The maximum absolute atomic E-state index is 11.9. The Kier molecular flexibility index (Phi) is 3.88. The van der Waals surface area contributed by atoms with Crippen molar-refractivity contribution in [3.63, 3.8) is 0 Å². The van der Waals surface area contributed by atoms with Crippen LogP contribution in [-0.4, -0.2) is 34.4 Å². The number of aromatic nitrogens is 2. The number of halogens is 2. The van der Waals surface area contributed by atoms with Gasteiger partial charge in [0.15, 0.2) is 5.82 Å². The highest BCUT2D eigenvalue weighted by molar-refractivity contribution is 5.50. The number of aliphatic hydroxyl groups is 1. The molecule has 7 heteroatoms. The number of anilines is 1. The van der Waals surface area contributed by atoms with Gasteiger partial charge in [-0.25, -0.2) is 8.78 Å². The quantitative estimate of drug-likeness (QED) is 0.757. The predicted octanol–water partition coefficient (Wildman–Crippen LogP) is 0.386. The minimum absolute atomic E-state index is 0.0831. The summed E-state index contributed by atoms with van der Waals surface area (Å²) in [6.45, 7) is -0.384. The summed E-state index contributed by atoms with van der Waals surface area (Å²) in [5, 5.41) is 26.9. The molecule has 1 rings (SSSR count). The Morgan fingerprint density at radius 3 is 2.93 bits per heavy atom. The van der Waals surface area contributed by atoms with Gasteiger partial charge in [-0.05, 0) is 6.07 Å². The first kappa shape index (κ1) is 11.3. The fraction of sp³-hybridized carbons (Fsp3) is 0.375. The Balaban J connectivity index is 2.62. The van der Waals surface area contributed by atoms with Crippen LogP contribution in [0.5, 0.6) is 0 Å². The standard InChI is InChI=1S/C8H8F2N4O/c9-7(10)6(15)4-12-8-5(3-11)1-2-13-14-8/h1-2,6-7,15H,4H2,(H,12,14). The minimum atomic E-state index is -2.83. The lowest BCUT2D eigenvalue weighted by Crippen LogP contribution is -2.27. The Morgan fingerprint density at radius 2 is 2.33 bits per heavy atom. The first-order valence-electron chi connectivity index (χ1n) is 4.07. The zero-order valence-electron chi connectivity index (χ0n) is 7.56. The molecule has 0 aliphatic rings. The van der Waals surface area contributed by atoms with Crippen LogP contribution in [0.3, 0.4) is 0 Å². The zero-order valence-corrected chi connectivity index (χ0v) is 7.56. The molecule has 1 atom stereocenters. The monoisotopic (exact) mass is 214 g/mol. The van der Waals surface area contributed by atoms with Gasteiger partial charge in [0.2, 0.25) is 0 Å². The van der Waals surface area contributed by atoms with Crippen molar-refractivity contribution in [2.24, 2.45) is 0 Å². The Hall–Kier alpha value is -1.81. The molecule has 1 aromatic rings. The number of aliphatic hydroxyl groups excluding tert-OH is 1. The molecule has 0 saturated carbocycles. The molecule has 0 amide bonds. The van der Waals surface area contributed by atoms with Gasteiger partial charge >= 0.3 is 0 Å². The molecular weight excluding hydrogens is 206 g/mol. The van der Waals surface area contributed by atoms with E-state index < -0.39 is 12.5 Å². The zero-order chi connectivity index (χ0) is 11.3.